The molecule has 3 rings (SSSR count). The minimum Gasteiger partial charge on any atom is -0.454 e. The number of rotatable bonds is 7. The van der Waals surface area contributed by atoms with Crippen LogP contribution in [0.3, 0.4) is 0 Å². The lowest BCUT2D eigenvalue weighted by Crippen LogP contribution is -2.45. The van der Waals surface area contributed by atoms with E-state index in [9.17, 15) is 19.2 Å². The molecule has 2 fully saturated rings. The summed E-state index contributed by atoms with van der Waals surface area (Å²) in [4.78, 5) is 52.2. The van der Waals surface area contributed by atoms with Gasteiger partial charge in [0, 0.05) is 11.7 Å². The second-order valence-electron chi connectivity index (χ2n) is 8.06. The number of hydrogen-bond acceptors (Lipinski definition) is 5. The second-order valence-corrected chi connectivity index (χ2v) is 8.06. The topological polar surface area (TPSA) is 96.0 Å². The fourth-order valence-corrected chi connectivity index (χ4v) is 4.00. The van der Waals surface area contributed by atoms with E-state index in [0.717, 1.165) is 42.7 Å². The lowest BCUT2D eigenvalue weighted by Gasteiger charge is -2.34. The Balaban J connectivity index is 1.62. The molecule has 1 aromatic rings. The van der Waals surface area contributed by atoms with Gasteiger partial charge in [-0.2, -0.15) is 0 Å². The zero-order valence-corrected chi connectivity index (χ0v) is 17.6. The van der Waals surface area contributed by atoms with E-state index in [0.29, 0.717) is 6.42 Å². The number of nitrogens with one attached hydrogen (secondary N) is 1. The number of ether oxygens (including phenoxy) is 1. The van der Waals surface area contributed by atoms with Crippen LogP contribution in [0.25, 0.3) is 0 Å². The van der Waals surface area contributed by atoms with Gasteiger partial charge < -0.3 is 15.0 Å². The fourth-order valence-electron chi connectivity index (χ4n) is 4.00. The highest BCUT2D eigenvalue weighted by Gasteiger charge is 2.47. The smallest absolute Gasteiger partial charge is 0.326 e. The number of imide groups is 1. The monoisotopic (exact) mass is 415 g/mol. The Labute approximate surface area is 176 Å². The molecule has 1 aromatic carbocycles. The SMILES string of the molecule is CC[C@@]1(C)NC(=O)N(CC(=O)OCC(=O)N(c2ccccc2)C2CCCCC2)C1=O. The first-order valence-corrected chi connectivity index (χ1v) is 10.5. The molecule has 1 aliphatic carbocycles. The first-order chi connectivity index (χ1) is 14.4. The van der Waals surface area contributed by atoms with Crippen molar-refractivity contribution in [3.63, 3.8) is 0 Å². The molecular formula is C22H29N3O5. The number of nitrogens with zero attached hydrogens (tertiary/aromatic N) is 2. The average molecular weight is 415 g/mol. The number of amides is 4. The van der Waals surface area contributed by atoms with Crippen LogP contribution in [0.2, 0.25) is 0 Å². The van der Waals surface area contributed by atoms with Crippen molar-refractivity contribution in [3.05, 3.63) is 30.3 Å². The molecule has 0 spiro atoms. The van der Waals surface area contributed by atoms with Crippen molar-refractivity contribution in [2.24, 2.45) is 0 Å². The Hall–Kier alpha value is -2.90. The van der Waals surface area contributed by atoms with Crippen molar-refractivity contribution in [2.45, 2.75) is 64.0 Å². The molecule has 8 heteroatoms. The van der Waals surface area contributed by atoms with Gasteiger partial charge in [-0.1, -0.05) is 44.4 Å². The molecule has 1 aliphatic heterocycles. The summed E-state index contributed by atoms with van der Waals surface area (Å²) in [6.07, 6.45) is 5.51. The molecule has 4 amide bonds. The highest BCUT2D eigenvalue weighted by atomic mass is 16.5. The first kappa shape index (κ1) is 21.8. The van der Waals surface area contributed by atoms with E-state index < -0.39 is 36.6 Å². The lowest BCUT2D eigenvalue weighted by atomic mass is 9.93. The van der Waals surface area contributed by atoms with Gasteiger partial charge in [0.25, 0.3) is 11.8 Å². The molecular weight excluding hydrogens is 386 g/mol. The molecule has 0 radical (unpaired) electrons. The molecule has 1 N–H and O–H groups in total. The van der Waals surface area contributed by atoms with Crippen molar-refractivity contribution in [1.82, 2.24) is 10.2 Å². The van der Waals surface area contributed by atoms with Crippen LogP contribution in [0.5, 0.6) is 0 Å². The Morgan fingerprint density at radius 2 is 1.83 bits per heavy atom. The number of hydrogen-bond donors (Lipinski definition) is 1. The first-order valence-electron chi connectivity index (χ1n) is 10.5. The van der Waals surface area contributed by atoms with Crippen LogP contribution in [0.4, 0.5) is 10.5 Å². The van der Waals surface area contributed by atoms with E-state index >= 15 is 0 Å². The van der Waals surface area contributed by atoms with Gasteiger partial charge in [0.2, 0.25) is 0 Å². The third-order valence-corrected chi connectivity index (χ3v) is 5.94. The van der Waals surface area contributed by atoms with E-state index in [1.54, 1.807) is 18.7 Å². The van der Waals surface area contributed by atoms with Crippen molar-refractivity contribution in [3.8, 4) is 0 Å². The summed E-state index contributed by atoms with van der Waals surface area (Å²) in [6.45, 7) is 2.45. The predicted molar refractivity (Wildman–Crippen MR) is 111 cm³/mol. The summed E-state index contributed by atoms with van der Waals surface area (Å²) in [5, 5.41) is 2.59. The number of benzene rings is 1. The maximum absolute atomic E-state index is 13.0. The van der Waals surface area contributed by atoms with Crippen LogP contribution in [0.1, 0.15) is 52.4 Å². The highest BCUT2D eigenvalue weighted by Crippen LogP contribution is 2.27. The number of carbonyl (C=O) groups is 4. The molecule has 8 nitrogen and oxygen atoms in total. The highest BCUT2D eigenvalue weighted by molar-refractivity contribution is 6.08. The van der Waals surface area contributed by atoms with Gasteiger partial charge >= 0.3 is 12.0 Å². The number of para-hydroxylation sites is 1. The quantitative estimate of drug-likeness (QED) is 0.546. The second kappa shape index (κ2) is 9.28. The molecule has 162 valence electrons. The van der Waals surface area contributed by atoms with Gasteiger partial charge in [-0.25, -0.2) is 4.79 Å². The van der Waals surface area contributed by atoms with E-state index in [-0.39, 0.29) is 11.9 Å². The molecule has 2 aliphatic rings. The van der Waals surface area contributed by atoms with Crippen molar-refractivity contribution in [2.75, 3.05) is 18.1 Å². The average Bonchev–Trinajstić information content (AvgIpc) is 2.97. The maximum Gasteiger partial charge on any atom is 0.326 e. The lowest BCUT2D eigenvalue weighted by molar-refractivity contribution is -0.150. The van der Waals surface area contributed by atoms with E-state index in [1.165, 1.54) is 0 Å². The van der Waals surface area contributed by atoms with Gasteiger partial charge in [-0.15, -0.1) is 0 Å². The standard InChI is InChI=1S/C22H29N3O5/c1-3-22(2)20(28)24(21(29)23-22)14-19(27)30-15-18(26)25(16-10-6-4-7-11-16)17-12-8-5-9-13-17/h4,6-7,10-11,17H,3,5,8-9,12-15H2,1-2H3,(H,23,29)/t22-/m1/s1. The Morgan fingerprint density at radius 3 is 2.43 bits per heavy atom. The van der Waals surface area contributed by atoms with Crippen molar-refractivity contribution >= 4 is 29.5 Å². The van der Waals surface area contributed by atoms with E-state index in [1.807, 2.05) is 30.3 Å². The summed E-state index contributed by atoms with van der Waals surface area (Å²) >= 11 is 0. The van der Waals surface area contributed by atoms with Crippen LogP contribution >= 0.6 is 0 Å². The Kier molecular flexibility index (Phi) is 6.74. The molecule has 0 aromatic heterocycles. The van der Waals surface area contributed by atoms with Gasteiger partial charge in [0.15, 0.2) is 6.61 Å². The summed E-state index contributed by atoms with van der Waals surface area (Å²) < 4.78 is 5.15. The zero-order chi connectivity index (χ0) is 21.7. The van der Waals surface area contributed by atoms with Gasteiger partial charge in [-0.3, -0.25) is 19.3 Å². The molecule has 1 saturated heterocycles. The normalized spacial score (nSPS) is 22.0. The fraction of sp³-hybridized carbons (Fsp3) is 0.545. The number of esters is 1. The summed E-state index contributed by atoms with van der Waals surface area (Å²) in [7, 11) is 0. The van der Waals surface area contributed by atoms with Crippen LogP contribution in [-0.4, -0.2) is 53.4 Å². The van der Waals surface area contributed by atoms with Gasteiger partial charge in [-0.05, 0) is 38.3 Å². The summed E-state index contributed by atoms with van der Waals surface area (Å²) in [5.74, 6) is -1.56. The van der Waals surface area contributed by atoms with Crippen molar-refractivity contribution < 1.29 is 23.9 Å². The third-order valence-electron chi connectivity index (χ3n) is 5.94. The minimum atomic E-state index is -1.02. The molecule has 30 heavy (non-hydrogen) atoms. The molecule has 1 saturated carbocycles. The third kappa shape index (κ3) is 4.63. The predicted octanol–water partition coefficient (Wildman–Crippen LogP) is 2.62. The molecule has 0 unspecified atom stereocenters. The van der Waals surface area contributed by atoms with Crippen LogP contribution in [0.15, 0.2) is 30.3 Å². The van der Waals surface area contributed by atoms with E-state index in [2.05, 4.69) is 5.32 Å². The minimum absolute atomic E-state index is 0.0727. The van der Waals surface area contributed by atoms with E-state index in [4.69, 9.17) is 4.74 Å². The largest absolute Gasteiger partial charge is 0.454 e. The van der Waals surface area contributed by atoms with Crippen LogP contribution in [0, 0.1) is 0 Å². The van der Waals surface area contributed by atoms with Crippen LogP contribution in [-0.2, 0) is 19.1 Å². The maximum atomic E-state index is 13.0. The Morgan fingerprint density at radius 1 is 1.17 bits per heavy atom. The van der Waals surface area contributed by atoms with Crippen LogP contribution < -0.4 is 10.2 Å². The van der Waals surface area contributed by atoms with Gasteiger partial charge in [0.05, 0.1) is 0 Å². The van der Waals surface area contributed by atoms with Gasteiger partial charge in [0.1, 0.15) is 12.1 Å². The summed E-state index contributed by atoms with van der Waals surface area (Å²) in [5.41, 5.74) is -0.239. The summed E-state index contributed by atoms with van der Waals surface area (Å²) in [6, 6.07) is 8.80. The Bertz CT molecular complexity index is 806. The number of carbonyl (C=O) groups excluding carboxylic acids is 4. The molecule has 0 bridgehead atoms. The molecule has 1 heterocycles. The number of anilines is 1. The molecule has 1 atom stereocenters. The zero-order valence-electron chi connectivity index (χ0n) is 17.6. The number of urea groups is 1. The van der Waals surface area contributed by atoms with Crippen molar-refractivity contribution in [1.29, 1.82) is 0 Å².